The fourth-order valence-corrected chi connectivity index (χ4v) is 1.55. The number of carbonyl (C=O) groups excluding carboxylic acids is 1. The second-order valence-corrected chi connectivity index (χ2v) is 4.45. The van der Waals surface area contributed by atoms with Gasteiger partial charge in [0.15, 0.2) is 0 Å². The smallest absolute Gasteiger partial charge is 0.309 e. The van der Waals surface area contributed by atoms with E-state index in [1.807, 2.05) is 6.08 Å². The molecule has 0 aliphatic rings. The van der Waals surface area contributed by atoms with Crippen LogP contribution in [0.3, 0.4) is 0 Å². The molecule has 0 aromatic carbocycles. The maximum atomic E-state index is 11.2. The Bertz CT molecular complexity index is 197. The summed E-state index contributed by atoms with van der Waals surface area (Å²) in [6.07, 6.45) is 14.1. The van der Waals surface area contributed by atoms with Crippen LogP contribution < -0.4 is 0 Å². The van der Waals surface area contributed by atoms with Crippen LogP contribution in [0, 0.1) is 0 Å². The van der Waals surface area contributed by atoms with Gasteiger partial charge in [-0.3, -0.25) is 4.79 Å². The number of hydrogen-bond acceptors (Lipinski definition) is 2. The topological polar surface area (TPSA) is 26.3 Å². The van der Waals surface area contributed by atoms with Gasteiger partial charge in [0.1, 0.15) is 0 Å². The van der Waals surface area contributed by atoms with Gasteiger partial charge in [-0.2, -0.15) is 0 Å². The van der Waals surface area contributed by atoms with Crippen molar-refractivity contribution in [3.05, 3.63) is 12.2 Å². The van der Waals surface area contributed by atoms with Gasteiger partial charge in [0, 0.05) is 0 Å². The lowest BCUT2D eigenvalue weighted by atomic mass is 10.1. The van der Waals surface area contributed by atoms with E-state index < -0.39 is 0 Å². The average Bonchev–Trinajstić information content (AvgIpc) is 2.33. The van der Waals surface area contributed by atoms with Crippen molar-refractivity contribution in [1.29, 1.82) is 0 Å². The number of rotatable bonds is 11. The minimum Gasteiger partial charge on any atom is -0.465 e. The molecule has 0 fully saturated rings. The van der Waals surface area contributed by atoms with Crippen LogP contribution in [0.1, 0.15) is 71.6 Å². The third-order valence-corrected chi connectivity index (χ3v) is 2.69. The first-order valence-corrected chi connectivity index (χ1v) is 7.11. The van der Waals surface area contributed by atoms with Gasteiger partial charge in [-0.15, -0.1) is 0 Å². The highest BCUT2D eigenvalue weighted by molar-refractivity contribution is 5.71. The SMILES string of the molecule is CCCCCCC/C=C/CC(=O)OCCCC. The standard InChI is InChI=1S/C15H28O2/c1-3-5-7-8-9-10-11-12-13-15(16)17-14-6-4-2/h11-12H,3-10,13-14H2,1-2H3/b12-11+. The number of hydrogen-bond donors (Lipinski definition) is 0. The predicted molar refractivity (Wildman–Crippen MR) is 73.0 cm³/mol. The highest BCUT2D eigenvalue weighted by Gasteiger charge is 1.97. The van der Waals surface area contributed by atoms with E-state index in [9.17, 15) is 4.79 Å². The van der Waals surface area contributed by atoms with E-state index in [1.54, 1.807) is 0 Å². The molecule has 0 aromatic heterocycles. The van der Waals surface area contributed by atoms with Gasteiger partial charge >= 0.3 is 5.97 Å². The van der Waals surface area contributed by atoms with Crippen molar-refractivity contribution in [2.45, 2.75) is 71.6 Å². The molecule has 0 atom stereocenters. The van der Waals surface area contributed by atoms with Crippen LogP contribution in [0.25, 0.3) is 0 Å². The molecule has 17 heavy (non-hydrogen) atoms. The van der Waals surface area contributed by atoms with Crippen LogP contribution in [0.4, 0.5) is 0 Å². The van der Waals surface area contributed by atoms with Gasteiger partial charge in [0.05, 0.1) is 13.0 Å². The molecule has 0 saturated carbocycles. The van der Waals surface area contributed by atoms with E-state index in [-0.39, 0.29) is 5.97 Å². The van der Waals surface area contributed by atoms with Crippen molar-refractivity contribution < 1.29 is 9.53 Å². The molecule has 0 saturated heterocycles. The van der Waals surface area contributed by atoms with E-state index in [2.05, 4.69) is 19.9 Å². The number of ether oxygens (including phenoxy) is 1. The van der Waals surface area contributed by atoms with Crippen molar-refractivity contribution in [2.24, 2.45) is 0 Å². The molecule has 0 aliphatic heterocycles. The summed E-state index contributed by atoms with van der Waals surface area (Å²) in [6.45, 7) is 4.89. The van der Waals surface area contributed by atoms with E-state index in [0.29, 0.717) is 13.0 Å². The van der Waals surface area contributed by atoms with Crippen molar-refractivity contribution in [3.63, 3.8) is 0 Å². The predicted octanol–water partition coefficient (Wildman–Crippen LogP) is 4.64. The molecular weight excluding hydrogens is 212 g/mol. The Hall–Kier alpha value is -0.790. The van der Waals surface area contributed by atoms with Crippen molar-refractivity contribution in [1.82, 2.24) is 0 Å². The van der Waals surface area contributed by atoms with Crippen molar-refractivity contribution in [2.75, 3.05) is 6.61 Å². The van der Waals surface area contributed by atoms with E-state index in [0.717, 1.165) is 19.3 Å². The summed E-state index contributed by atoms with van der Waals surface area (Å²) in [5.74, 6) is -0.0966. The Balaban J connectivity index is 3.25. The van der Waals surface area contributed by atoms with Gasteiger partial charge in [0.25, 0.3) is 0 Å². The number of esters is 1. The molecular formula is C15H28O2. The highest BCUT2D eigenvalue weighted by Crippen LogP contribution is 2.05. The second-order valence-electron chi connectivity index (χ2n) is 4.45. The first-order valence-electron chi connectivity index (χ1n) is 7.11. The molecule has 0 amide bonds. The van der Waals surface area contributed by atoms with Crippen LogP contribution >= 0.6 is 0 Å². The first-order chi connectivity index (χ1) is 8.31. The maximum absolute atomic E-state index is 11.2. The summed E-state index contributed by atoms with van der Waals surface area (Å²) in [7, 11) is 0. The van der Waals surface area contributed by atoms with E-state index in [4.69, 9.17) is 4.74 Å². The minimum absolute atomic E-state index is 0.0966. The van der Waals surface area contributed by atoms with Crippen LogP contribution in [0.15, 0.2) is 12.2 Å². The molecule has 2 nitrogen and oxygen atoms in total. The molecule has 2 heteroatoms. The molecule has 0 rings (SSSR count). The molecule has 0 unspecified atom stereocenters. The van der Waals surface area contributed by atoms with Gasteiger partial charge in [-0.05, 0) is 19.3 Å². The lowest BCUT2D eigenvalue weighted by molar-refractivity contribution is -0.142. The van der Waals surface area contributed by atoms with Crippen molar-refractivity contribution >= 4 is 5.97 Å². The molecule has 0 heterocycles. The lowest BCUT2D eigenvalue weighted by Gasteiger charge is -2.00. The zero-order chi connectivity index (χ0) is 12.8. The number of unbranched alkanes of at least 4 members (excludes halogenated alkanes) is 6. The number of allylic oxidation sites excluding steroid dienone is 1. The maximum Gasteiger partial charge on any atom is 0.309 e. The fraction of sp³-hybridized carbons (Fsp3) is 0.800. The van der Waals surface area contributed by atoms with Crippen LogP contribution in [0.2, 0.25) is 0 Å². The summed E-state index contributed by atoms with van der Waals surface area (Å²) in [6, 6.07) is 0. The molecule has 0 radical (unpaired) electrons. The summed E-state index contributed by atoms with van der Waals surface area (Å²) in [5, 5.41) is 0. The van der Waals surface area contributed by atoms with Gasteiger partial charge in [-0.1, -0.05) is 58.1 Å². The third kappa shape index (κ3) is 13.1. The summed E-state index contributed by atoms with van der Waals surface area (Å²) in [4.78, 5) is 11.2. The van der Waals surface area contributed by atoms with Crippen molar-refractivity contribution in [3.8, 4) is 0 Å². The van der Waals surface area contributed by atoms with Crippen LogP contribution in [-0.2, 0) is 9.53 Å². The monoisotopic (exact) mass is 240 g/mol. The van der Waals surface area contributed by atoms with Gasteiger partial charge in [-0.25, -0.2) is 0 Å². The summed E-state index contributed by atoms with van der Waals surface area (Å²) < 4.78 is 5.05. The molecule has 100 valence electrons. The highest BCUT2D eigenvalue weighted by atomic mass is 16.5. The molecule has 0 N–H and O–H groups in total. The Morgan fingerprint density at radius 2 is 1.65 bits per heavy atom. The lowest BCUT2D eigenvalue weighted by Crippen LogP contribution is -2.03. The Morgan fingerprint density at radius 1 is 0.941 bits per heavy atom. The van der Waals surface area contributed by atoms with Gasteiger partial charge < -0.3 is 4.74 Å². The minimum atomic E-state index is -0.0966. The second kappa shape index (κ2) is 13.3. The van der Waals surface area contributed by atoms with Crippen LogP contribution in [0.5, 0.6) is 0 Å². The summed E-state index contributed by atoms with van der Waals surface area (Å²) in [5.41, 5.74) is 0. The Kier molecular flexibility index (Phi) is 12.7. The Labute approximate surface area is 106 Å². The van der Waals surface area contributed by atoms with Crippen LogP contribution in [-0.4, -0.2) is 12.6 Å². The number of carbonyl (C=O) groups is 1. The van der Waals surface area contributed by atoms with E-state index in [1.165, 1.54) is 32.1 Å². The molecule has 0 aromatic rings. The zero-order valence-electron chi connectivity index (χ0n) is 11.5. The van der Waals surface area contributed by atoms with Gasteiger partial charge in [0.2, 0.25) is 0 Å². The molecule has 0 spiro atoms. The summed E-state index contributed by atoms with van der Waals surface area (Å²) >= 11 is 0. The molecule has 0 bridgehead atoms. The fourth-order valence-electron chi connectivity index (χ4n) is 1.55. The van der Waals surface area contributed by atoms with E-state index >= 15 is 0 Å². The average molecular weight is 240 g/mol. The normalized spacial score (nSPS) is 10.9. The third-order valence-electron chi connectivity index (χ3n) is 2.69. The quantitative estimate of drug-likeness (QED) is 0.299. The largest absolute Gasteiger partial charge is 0.465 e. The molecule has 0 aliphatic carbocycles. The zero-order valence-corrected chi connectivity index (χ0v) is 11.5. The first kappa shape index (κ1) is 16.2. The Morgan fingerprint density at radius 3 is 2.35 bits per heavy atom.